The third-order valence-electron chi connectivity index (χ3n) is 3.45. The van der Waals surface area contributed by atoms with E-state index in [1.54, 1.807) is 6.92 Å². The first-order chi connectivity index (χ1) is 8.47. The van der Waals surface area contributed by atoms with Gasteiger partial charge in [0.25, 0.3) is 5.91 Å². The van der Waals surface area contributed by atoms with E-state index in [1.807, 2.05) is 0 Å². The quantitative estimate of drug-likeness (QED) is 0.897. The Bertz CT molecular complexity index is 484. The first-order valence-electron chi connectivity index (χ1n) is 5.75. The van der Waals surface area contributed by atoms with Gasteiger partial charge in [0.05, 0.1) is 11.8 Å². The number of piperidine rings is 1. The minimum absolute atomic E-state index is 0.00156. The lowest BCUT2D eigenvalue weighted by atomic mass is 9.88. The summed E-state index contributed by atoms with van der Waals surface area (Å²) in [5.74, 6) is -1.38. The van der Waals surface area contributed by atoms with Gasteiger partial charge in [-0.2, -0.15) is 0 Å². The van der Waals surface area contributed by atoms with Crippen molar-refractivity contribution in [2.24, 2.45) is 0 Å². The van der Waals surface area contributed by atoms with Crippen LogP contribution >= 0.6 is 11.6 Å². The average Bonchev–Trinajstić information content (AvgIpc) is 2.75. The molecule has 6 heteroatoms. The number of nitrogens with zero attached hydrogens (tertiary/aromatic N) is 1. The van der Waals surface area contributed by atoms with Crippen LogP contribution in [0.25, 0.3) is 0 Å². The summed E-state index contributed by atoms with van der Waals surface area (Å²) < 4.78 is 4.88. The number of carboxylic acid groups (broad SMARTS) is 1. The Labute approximate surface area is 109 Å². The van der Waals surface area contributed by atoms with Crippen LogP contribution in [0.15, 0.2) is 16.7 Å². The van der Waals surface area contributed by atoms with E-state index in [-0.39, 0.29) is 10.8 Å². The van der Waals surface area contributed by atoms with Gasteiger partial charge in [0.15, 0.2) is 0 Å². The van der Waals surface area contributed by atoms with Crippen molar-refractivity contribution in [2.75, 3.05) is 6.54 Å². The van der Waals surface area contributed by atoms with Crippen molar-refractivity contribution in [3.63, 3.8) is 0 Å². The number of rotatable bonds is 2. The maximum absolute atomic E-state index is 12.3. The molecule has 1 atom stereocenters. The second-order valence-electron chi connectivity index (χ2n) is 4.60. The summed E-state index contributed by atoms with van der Waals surface area (Å²) in [7, 11) is 0. The summed E-state index contributed by atoms with van der Waals surface area (Å²) in [5.41, 5.74) is -0.957. The van der Waals surface area contributed by atoms with E-state index in [1.165, 1.54) is 17.2 Å². The van der Waals surface area contributed by atoms with Gasteiger partial charge in [-0.05, 0) is 43.9 Å². The van der Waals surface area contributed by atoms with Crippen LogP contribution in [0, 0.1) is 0 Å². The average molecular weight is 272 g/mol. The standard InChI is InChI=1S/C12H14ClNO4/c1-12(11(16)17)5-2-3-6-14(12)10(15)8-4-7-18-9(8)13/h4,7H,2-3,5-6H2,1H3,(H,16,17). The molecule has 1 unspecified atom stereocenters. The molecule has 0 bridgehead atoms. The summed E-state index contributed by atoms with van der Waals surface area (Å²) in [4.78, 5) is 25.1. The highest BCUT2D eigenvalue weighted by Crippen LogP contribution is 2.31. The van der Waals surface area contributed by atoms with Crippen molar-refractivity contribution >= 4 is 23.5 Å². The summed E-state index contributed by atoms with van der Waals surface area (Å²) in [6, 6.07) is 1.46. The Hall–Kier alpha value is -1.49. The zero-order chi connectivity index (χ0) is 13.3. The maximum atomic E-state index is 12.3. The number of hydrogen-bond donors (Lipinski definition) is 1. The predicted octanol–water partition coefficient (Wildman–Crippen LogP) is 2.40. The topological polar surface area (TPSA) is 70.8 Å². The molecular formula is C12H14ClNO4. The number of furan rings is 1. The molecule has 1 aromatic rings. The highest BCUT2D eigenvalue weighted by atomic mass is 35.5. The molecule has 0 aliphatic carbocycles. The van der Waals surface area contributed by atoms with Crippen molar-refractivity contribution in [3.05, 3.63) is 23.1 Å². The van der Waals surface area contributed by atoms with Gasteiger partial charge in [-0.3, -0.25) is 4.79 Å². The predicted molar refractivity (Wildman–Crippen MR) is 64.6 cm³/mol. The summed E-state index contributed by atoms with van der Waals surface area (Å²) >= 11 is 5.76. The van der Waals surface area contributed by atoms with Gasteiger partial charge in [0.1, 0.15) is 5.54 Å². The normalized spacial score (nSPS) is 24.0. The van der Waals surface area contributed by atoms with Crippen LogP contribution in [0.3, 0.4) is 0 Å². The van der Waals surface area contributed by atoms with Gasteiger partial charge in [0.2, 0.25) is 5.22 Å². The Kier molecular flexibility index (Phi) is 3.34. The summed E-state index contributed by atoms with van der Waals surface area (Å²) in [6.07, 6.45) is 3.36. The molecule has 98 valence electrons. The fourth-order valence-corrected chi connectivity index (χ4v) is 2.46. The third-order valence-corrected chi connectivity index (χ3v) is 3.74. The van der Waals surface area contributed by atoms with Gasteiger partial charge in [-0.1, -0.05) is 0 Å². The zero-order valence-corrected chi connectivity index (χ0v) is 10.7. The molecule has 1 aliphatic heterocycles. The Morgan fingerprint density at radius 2 is 2.22 bits per heavy atom. The van der Waals surface area contributed by atoms with Crippen LogP contribution in [0.1, 0.15) is 36.5 Å². The van der Waals surface area contributed by atoms with Crippen LogP contribution < -0.4 is 0 Å². The molecule has 1 N–H and O–H groups in total. The van der Waals surface area contributed by atoms with Crippen LogP contribution in [-0.2, 0) is 4.79 Å². The van der Waals surface area contributed by atoms with Crippen LogP contribution in [-0.4, -0.2) is 34.0 Å². The monoisotopic (exact) mass is 271 g/mol. The molecular weight excluding hydrogens is 258 g/mol. The molecule has 1 amide bonds. The van der Waals surface area contributed by atoms with Crippen LogP contribution in [0.5, 0.6) is 0 Å². The first-order valence-corrected chi connectivity index (χ1v) is 6.13. The van der Waals surface area contributed by atoms with Crippen LogP contribution in [0.4, 0.5) is 0 Å². The van der Waals surface area contributed by atoms with Crippen molar-refractivity contribution in [2.45, 2.75) is 31.7 Å². The molecule has 2 heterocycles. The Morgan fingerprint density at radius 1 is 1.50 bits per heavy atom. The molecule has 2 rings (SSSR count). The number of likely N-dealkylation sites (tertiary alicyclic amines) is 1. The molecule has 0 spiro atoms. The van der Waals surface area contributed by atoms with Crippen molar-refractivity contribution < 1.29 is 19.1 Å². The number of halogens is 1. The van der Waals surface area contributed by atoms with Gasteiger partial charge in [0, 0.05) is 6.54 Å². The molecule has 0 aromatic carbocycles. The van der Waals surface area contributed by atoms with Crippen molar-refractivity contribution in [1.82, 2.24) is 4.90 Å². The van der Waals surface area contributed by atoms with Crippen LogP contribution in [0.2, 0.25) is 5.22 Å². The minimum atomic E-state index is -1.17. The van der Waals surface area contributed by atoms with Gasteiger partial charge in [-0.25, -0.2) is 4.79 Å². The SMILES string of the molecule is CC1(C(=O)O)CCCCN1C(=O)c1ccoc1Cl. The molecule has 1 aliphatic rings. The van der Waals surface area contributed by atoms with E-state index < -0.39 is 17.4 Å². The van der Waals surface area contributed by atoms with E-state index in [4.69, 9.17) is 16.0 Å². The van der Waals surface area contributed by atoms with Crippen molar-refractivity contribution in [3.8, 4) is 0 Å². The molecule has 1 aromatic heterocycles. The van der Waals surface area contributed by atoms with Gasteiger partial charge in [-0.15, -0.1) is 0 Å². The first kappa shape index (κ1) is 13.0. The second-order valence-corrected chi connectivity index (χ2v) is 4.94. The van der Waals surface area contributed by atoms with E-state index in [9.17, 15) is 14.7 Å². The molecule has 1 saturated heterocycles. The maximum Gasteiger partial charge on any atom is 0.329 e. The highest BCUT2D eigenvalue weighted by Gasteiger charge is 2.44. The smallest absolute Gasteiger partial charge is 0.329 e. The van der Waals surface area contributed by atoms with Gasteiger partial charge >= 0.3 is 5.97 Å². The fourth-order valence-electron chi connectivity index (χ4n) is 2.26. The molecule has 5 nitrogen and oxygen atoms in total. The van der Waals surface area contributed by atoms with E-state index in [2.05, 4.69) is 0 Å². The molecule has 1 fully saturated rings. The lowest BCUT2D eigenvalue weighted by Gasteiger charge is -2.41. The fraction of sp³-hybridized carbons (Fsp3) is 0.500. The minimum Gasteiger partial charge on any atom is -0.480 e. The molecule has 0 radical (unpaired) electrons. The number of carbonyl (C=O) groups excluding carboxylic acids is 1. The Morgan fingerprint density at radius 3 is 2.78 bits per heavy atom. The second kappa shape index (κ2) is 4.65. The number of amides is 1. The van der Waals surface area contributed by atoms with E-state index >= 15 is 0 Å². The number of carboxylic acids is 1. The lowest BCUT2D eigenvalue weighted by molar-refractivity contribution is -0.150. The van der Waals surface area contributed by atoms with E-state index in [0.29, 0.717) is 13.0 Å². The zero-order valence-electron chi connectivity index (χ0n) is 9.98. The summed E-state index contributed by atoms with van der Waals surface area (Å²) in [6.45, 7) is 1.99. The highest BCUT2D eigenvalue weighted by molar-refractivity contribution is 6.32. The van der Waals surface area contributed by atoms with Gasteiger partial charge < -0.3 is 14.4 Å². The molecule has 18 heavy (non-hydrogen) atoms. The number of carbonyl (C=O) groups is 2. The van der Waals surface area contributed by atoms with Crippen molar-refractivity contribution in [1.29, 1.82) is 0 Å². The Balaban J connectivity index is 2.33. The lowest BCUT2D eigenvalue weighted by Crippen LogP contribution is -2.57. The molecule has 0 saturated carbocycles. The summed E-state index contributed by atoms with van der Waals surface area (Å²) in [5, 5.41) is 9.33. The number of aliphatic carboxylic acids is 1. The van der Waals surface area contributed by atoms with E-state index in [0.717, 1.165) is 12.8 Å². The third kappa shape index (κ3) is 1.99. The number of hydrogen-bond acceptors (Lipinski definition) is 3. The largest absolute Gasteiger partial charge is 0.480 e.